The van der Waals surface area contributed by atoms with Crippen LogP contribution >= 0.6 is 0 Å². The van der Waals surface area contributed by atoms with Crippen LogP contribution in [-0.2, 0) is 29.2 Å². The summed E-state index contributed by atoms with van der Waals surface area (Å²) >= 11 is 0. The monoisotopic (exact) mass is 637 g/mol. The van der Waals surface area contributed by atoms with Crippen molar-refractivity contribution in [2.45, 2.75) is 38.7 Å². The van der Waals surface area contributed by atoms with Crippen molar-refractivity contribution in [3.63, 3.8) is 0 Å². The van der Waals surface area contributed by atoms with E-state index in [0.717, 1.165) is 21.7 Å². The number of hydrogen-bond donors (Lipinski definition) is 2. The predicted octanol–water partition coefficient (Wildman–Crippen LogP) is 7.39. The van der Waals surface area contributed by atoms with Crippen LogP contribution in [-0.4, -0.2) is 37.0 Å². The largest absolute Gasteiger partial charge is 0.416 e. The highest BCUT2D eigenvalue weighted by molar-refractivity contribution is 7.92. The molecular formula is C34H34F3N3O4S. The Balaban J connectivity index is 1.63. The summed E-state index contributed by atoms with van der Waals surface area (Å²) in [4.78, 5) is 13.5. The Hall–Kier alpha value is -4.45. The Kier molecular flexibility index (Phi) is 10.5. The number of hydrogen-bond acceptors (Lipinski definition) is 5. The van der Waals surface area contributed by atoms with Gasteiger partial charge in [0.05, 0.1) is 29.7 Å². The van der Waals surface area contributed by atoms with Crippen molar-refractivity contribution < 1.29 is 31.6 Å². The summed E-state index contributed by atoms with van der Waals surface area (Å²) in [5.74, 6) is -0.624. The third-order valence-corrected chi connectivity index (χ3v) is 8.26. The molecule has 1 unspecified atom stereocenters. The van der Waals surface area contributed by atoms with E-state index in [0.29, 0.717) is 16.8 Å². The Morgan fingerprint density at radius 3 is 2.18 bits per heavy atom. The number of rotatable bonds is 12. The summed E-state index contributed by atoms with van der Waals surface area (Å²) in [5, 5.41) is 14.6. The summed E-state index contributed by atoms with van der Waals surface area (Å²) in [7, 11) is -3.82. The molecule has 0 aliphatic carbocycles. The first kappa shape index (κ1) is 33.4. The number of nitrogens with one attached hydrogen (secondary N) is 1. The molecule has 11 heteroatoms. The van der Waals surface area contributed by atoms with E-state index in [1.165, 1.54) is 30.3 Å². The van der Waals surface area contributed by atoms with Crippen molar-refractivity contribution in [2.75, 3.05) is 10.6 Å². The molecule has 4 aromatic rings. The van der Waals surface area contributed by atoms with E-state index < -0.39 is 33.8 Å². The number of carbonyl (C=O) groups excluding carboxylic acids is 1. The van der Waals surface area contributed by atoms with Gasteiger partial charge in [-0.15, -0.1) is 0 Å². The smallest absolute Gasteiger partial charge is 0.334 e. The number of nitrogens with zero attached hydrogens (tertiary/aromatic N) is 2. The normalized spacial score (nSPS) is 12.5. The fourth-order valence-corrected chi connectivity index (χ4v) is 6.05. The zero-order valence-electron chi connectivity index (χ0n) is 24.8. The molecule has 1 amide bonds. The number of benzene rings is 4. The molecule has 0 bridgehead atoms. The Labute approximate surface area is 261 Å². The van der Waals surface area contributed by atoms with Crippen LogP contribution in [0.2, 0.25) is 0 Å². The lowest BCUT2D eigenvalue weighted by molar-refractivity contribution is -0.144. The fourth-order valence-electron chi connectivity index (χ4n) is 5.06. The maximum absolute atomic E-state index is 14.0. The van der Waals surface area contributed by atoms with E-state index in [-0.39, 0.29) is 41.8 Å². The van der Waals surface area contributed by atoms with Crippen LogP contribution < -0.4 is 9.62 Å². The summed E-state index contributed by atoms with van der Waals surface area (Å²) in [6.07, 6.45) is -2.85. The van der Waals surface area contributed by atoms with Crippen LogP contribution in [0.3, 0.4) is 0 Å². The van der Waals surface area contributed by atoms with Gasteiger partial charge in [-0.25, -0.2) is 12.7 Å². The molecule has 0 radical (unpaired) electrons. The van der Waals surface area contributed by atoms with E-state index in [1.54, 1.807) is 73.7 Å². The van der Waals surface area contributed by atoms with Crippen LogP contribution in [0.5, 0.6) is 0 Å². The average molecular weight is 638 g/mol. The van der Waals surface area contributed by atoms with Crippen molar-refractivity contribution in [2.24, 2.45) is 0 Å². The minimum absolute atomic E-state index is 0.00177. The summed E-state index contributed by atoms with van der Waals surface area (Å²) < 4.78 is 68.8. The molecule has 0 spiro atoms. The molecule has 0 saturated heterocycles. The second-order valence-corrected chi connectivity index (χ2v) is 12.3. The van der Waals surface area contributed by atoms with E-state index in [9.17, 15) is 31.6 Å². The molecule has 0 fully saturated rings. The minimum atomic E-state index is -4.60. The van der Waals surface area contributed by atoms with E-state index in [1.807, 2.05) is 0 Å². The molecule has 236 valence electrons. The Morgan fingerprint density at radius 1 is 0.956 bits per heavy atom. The molecule has 45 heavy (non-hydrogen) atoms. The number of para-hydroxylation sites is 1. The number of sulfonamides is 1. The number of halogens is 3. The lowest BCUT2D eigenvalue weighted by atomic mass is 9.94. The SMILES string of the molecule is C=Cc1cc(C(=O)NC(CC)N(O)Cc2cccc(C(F)(F)F)c2Cc2ccccc2)cc(N(c2ccccc2)S(C)(=O)=O)c1. The van der Waals surface area contributed by atoms with Crippen LogP contribution in [0.15, 0.2) is 104 Å². The summed E-state index contributed by atoms with van der Waals surface area (Å²) in [6, 6.07) is 25.5. The molecule has 0 aromatic heterocycles. The van der Waals surface area contributed by atoms with E-state index in [4.69, 9.17) is 0 Å². The molecule has 1 atom stereocenters. The number of amides is 1. The lowest BCUT2D eigenvalue weighted by Crippen LogP contribution is -2.46. The van der Waals surface area contributed by atoms with Gasteiger partial charge in [0.15, 0.2) is 0 Å². The van der Waals surface area contributed by atoms with Gasteiger partial charge in [-0.2, -0.15) is 18.2 Å². The highest BCUT2D eigenvalue weighted by Crippen LogP contribution is 2.35. The van der Waals surface area contributed by atoms with Crippen molar-refractivity contribution in [3.8, 4) is 0 Å². The van der Waals surface area contributed by atoms with Crippen LogP contribution in [0.4, 0.5) is 24.5 Å². The second-order valence-electron chi connectivity index (χ2n) is 10.5. The average Bonchev–Trinajstić information content (AvgIpc) is 3.00. The first-order valence-electron chi connectivity index (χ1n) is 14.1. The number of alkyl halides is 3. The third-order valence-electron chi connectivity index (χ3n) is 7.17. The van der Waals surface area contributed by atoms with Crippen LogP contribution in [0, 0.1) is 0 Å². The quantitative estimate of drug-likeness (QED) is 0.125. The maximum atomic E-state index is 14.0. The van der Waals surface area contributed by atoms with Gasteiger partial charge in [-0.3, -0.25) is 4.79 Å². The standard InChI is InChI=1S/C34H34F3N3O4S/c1-4-24-19-27(22-29(20-24)40(45(3,43)44)28-16-10-7-11-17-28)33(41)38-32(5-2)39(42)23-26-15-12-18-31(34(35,36)37)30(26)21-25-13-8-6-9-14-25/h4,6-20,22,32,42H,1,5,21,23H2,2-3H3,(H,38,41). The van der Waals surface area contributed by atoms with Crippen molar-refractivity contribution in [1.29, 1.82) is 0 Å². The van der Waals surface area contributed by atoms with Crippen LogP contribution in [0.1, 0.15) is 51.5 Å². The first-order valence-corrected chi connectivity index (χ1v) is 16.0. The molecule has 7 nitrogen and oxygen atoms in total. The Bertz CT molecular complexity index is 1750. The molecule has 0 saturated carbocycles. The highest BCUT2D eigenvalue weighted by Gasteiger charge is 2.34. The number of hydroxylamine groups is 2. The molecular weight excluding hydrogens is 603 g/mol. The number of anilines is 2. The van der Waals surface area contributed by atoms with Gasteiger partial charge in [0, 0.05) is 5.56 Å². The van der Waals surface area contributed by atoms with Gasteiger partial charge < -0.3 is 10.5 Å². The highest BCUT2D eigenvalue weighted by atomic mass is 32.2. The van der Waals surface area contributed by atoms with Gasteiger partial charge in [0.25, 0.3) is 5.91 Å². The van der Waals surface area contributed by atoms with E-state index >= 15 is 0 Å². The fraction of sp³-hybridized carbons (Fsp3) is 0.206. The number of carbonyl (C=O) groups is 1. The molecule has 4 rings (SSSR count). The van der Waals surface area contributed by atoms with Crippen molar-refractivity contribution >= 4 is 33.4 Å². The van der Waals surface area contributed by atoms with Gasteiger partial charge >= 0.3 is 6.18 Å². The zero-order valence-corrected chi connectivity index (χ0v) is 25.6. The predicted molar refractivity (Wildman–Crippen MR) is 170 cm³/mol. The molecule has 4 aromatic carbocycles. The minimum Gasteiger partial charge on any atom is -0.334 e. The maximum Gasteiger partial charge on any atom is 0.416 e. The van der Waals surface area contributed by atoms with Crippen molar-refractivity contribution in [3.05, 3.63) is 137 Å². The van der Waals surface area contributed by atoms with Gasteiger partial charge in [0.2, 0.25) is 10.0 Å². The molecule has 0 aliphatic rings. The van der Waals surface area contributed by atoms with Crippen molar-refractivity contribution in [1.82, 2.24) is 10.4 Å². The van der Waals surface area contributed by atoms with Gasteiger partial charge in [0.1, 0.15) is 6.17 Å². The second kappa shape index (κ2) is 14.1. The lowest BCUT2D eigenvalue weighted by Gasteiger charge is -2.28. The molecule has 0 aliphatic heterocycles. The Morgan fingerprint density at radius 2 is 1.60 bits per heavy atom. The van der Waals surface area contributed by atoms with E-state index in [2.05, 4.69) is 11.9 Å². The van der Waals surface area contributed by atoms with Crippen LogP contribution in [0.25, 0.3) is 6.08 Å². The molecule has 2 N–H and O–H groups in total. The topological polar surface area (TPSA) is 90.0 Å². The van der Waals surface area contributed by atoms with Gasteiger partial charge in [-0.05, 0) is 71.5 Å². The summed E-state index contributed by atoms with van der Waals surface area (Å²) in [6.45, 7) is 5.17. The zero-order chi connectivity index (χ0) is 32.8. The molecule has 0 heterocycles. The summed E-state index contributed by atoms with van der Waals surface area (Å²) in [5.41, 5.74) is 1.32. The first-order chi connectivity index (χ1) is 21.3. The van der Waals surface area contributed by atoms with Gasteiger partial charge in [-0.1, -0.05) is 80.2 Å². The third kappa shape index (κ3) is 8.39.